The molecule has 16 heavy (non-hydrogen) atoms. The smallest absolute Gasteiger partial charge is 0.227 e. The van der Waals surface area contributed by atoms with Gasteiger partial charge in [-0.2, -0.15) is 0 Å². The number of pyridine rings is 1. The topological polar surface area (TPSA) is 76.3 Å². The van der Waals surface area contributed by atoms with E-state index in [9.17, 15) is 9.59 Å². The predicted octanol–water partition coefficient (Wildman–Crippen LogP) is 0.206. The summed E-state index contributed by atoms with van der Waals surface area (Å²) < 4.78 is 0. The molecule has 0 aliphatic carbocycles. The number of carbonyl (C=O) groups excluding carboxylic acids is 2. The largest absolute Gasteiger partial charge is 0.330 e. The molecule has 0 bridgehead atoms. The van der Waals surface area contributed by atoms with Crippen molar-refractivity contribution in [2.45, 2.75) is 6.42 Å². The van der Waals surface area contributed by atoms with Crippen molar-refractivity contribution in [1.29, 1.82) is 0 Å². The highest BCUT2D eigenvalue weighted by Crippen LogP contribution is 2.26. The van der Waals surface area contributed by atoms with Crippen LogP contribution in [0.5, 0.6) is 0 Å². The van der Waals surface area contributed by atoms with Crippen molar-refractivity contribution in [2.75, 3.05) is 18.0 Å². The summed E-state index contributed by atoms with van der Waals surface area (Å²) in [4.78, 5) is 28.1. The lowest BCUT2D eigenvalue weighted by atomic mass is 10.1. The normalized spacial score (nSPS) is 20.2. The van der Waals surface area contributed by atoms with Gasteiger partial charge >= 0.3 is 0 Å². The number of rotatable bonds is 3. The van der Waals surface area contributed by atoms with E-state index in [4.69, 9.17) is 5.73 Å². The Bertz CT molecular complexity index is 419. The van der Waals surface area contributed by atoms with Crippen LogP contribution >= 0.6 is 0 Å². The van der Waals surface area contributed by atoms with E-state index < -0.39 is 0 Å². The van der Waals surface area contributed by atoms with E-state index in [1.54, 1.807) is 17.2 Å². The molecule has 0 spiro atoms. The number of amides is 1. The molecule has 2 rings (SSSR count). The third-order valence-electron chi connectivity index (χ3n) is 2.78. The van der Waals surface area contributed by atoms with Crippen molar-refractivity contribution in [3.05, 3.63) is 24.0 Å². The summed E-state index contributed by atoms with van der Waals surface area (Å²) in [5.74, 6) is 0.199. The van der Waals surface area contributed by atoms with E-state index in [1.807, 2.05) is 0 Å². The molecule has 1 aliphatic heterocycles. The molecule has 1 aromatic rings. The van der Waals surface area contributed by atoms with E-state index in [0.717, 1.165) is 0 Å². The van der Waals surface area contributed by atoms with E-state index in [0.29, 0.717) is 37.0 Å². The van der Waals surface area contributed by atoms with Gasteiger partial charge in [0.2, 0.25) is 5.91 Å². The number of aromatic nitrogens is 1. The Morgan fingerprint density at radius 2 is 2.44 bits per heavy atom. The molecule has 84 valence electrons. The van der Waals surface area contributed by atoms with E-state index >= 15 is 0 Å². The van der Waals surface area contributed by atoms with Crippen LogP contribution in [-0.4, -0.2) is 30.3 Å². The van der Waals surface area contributed by atoms with Gasteiger partial charge in [0.15, 0.2) is 6.29 Å². The van der Waals surface area contributed by atoms with Crippen molar-refractivity contribution < 1.29 is 9.59 Å². The zero-order valence-electron chi connectivity index (χ0n) is 8.80. The molecular weight excluding hydrogens is 206 g/mol. The Morgan fingerprint density at radius 3 is 3.06 bits per heavy atom. The van der Waals surface area contributed by atoms with Gasteiger partial charge in [-0.15, -0.1) is 0 Å². The standard InChI is InChI=1S/C11H13N3O2/c12-4-8-3-11(16)14(6-8)10-1-2-13-5-9(10)7-15/h1-2,5,7-8H,3-4,6,12H2. The Morgan fingerprint density at radius 1 is 1.62 bits per heavy atom. The molecule has 1 aliphatic rings. The van der Waals surface area contributed by atoms with Crippen LogP contribution in [0.25, 0.3) is 0 Å². The van der Waals surface area contributed by atoms with Crippen molar-refractivity contribution in [3.8, 4) is 0 Å². The van der Waals surface area contributed by atoms with Gasteiger partial charge in [-0.3, -0.25) is 14.6 Å². The highest BCUT2D eigenvalue weighted by Gasteiger charge is 2.30. The number of aldehydes is 1. The maximum absolute atomic E-state index is 11.7. The van der Waals surface area contributed by atoms with Gasteiger partial charge in [-0.25, -0.2) is 0 Å². The molecule has 5 heteroatoms. The maximum atomic E-state index is 11.7. The van der Waals surface area contributed by atoms with Gasteiger partial charge in [0.1, 0.15) is 0 Å². The van der Waals surface area contributed by atoms with E-state index in [1.165, 1.54) is 6.20 Å². The minimum absolute atomic E-state index is 0.0183. The SMILES string of the molecule is NCC1CC(=O)N(c2ccncc2C=O)C1. The summed E-state index contributed by atoms with van der Waals surface area (Å²) in [6.07, 6.45) is 4.21. The molecular formula is C11H13N3O2. The molecule has 1 amide bonds. The van der Waals surface area contributed by atoms with Crippen LogP contribution in [0.4, 0.5) is 5.69 Å². The molecule has 0 aromatic carbocycles. The van der Waals surface area contributed by atoms with Crippen molar-refractivity contribution in [1.82, 2.24) is 4.98 Å². The monoisotopic (exact) mass is 219 g/mol. The second-order valence-electron chi connectivity index (χ2n) is 3.86. The number of nitrogens with two attached hydrogens (primary N) is 1. The molecule has 2 N–H and O–H groups in total. The summed E-state index contributed by atoms with van der Waals surface area (Å²) in [5, 5.41) is 0. The third-order valence-corrected chi connectivity index (χ3v) is 2.78. The highest BCUT2D eigenvalue weighted by atomic mass is 16.2. The van der Waals surface area contributed by atoms with Gasteiger partial charge in [-0.05, 0) is 18.5 Å². The van der Waals surface area contributed by atoms with Crippen molar-refractivity contribution >= 4 is 17.9 Å². The molecule has 1 aromatic heterocycles. The molecule has 1 fully saturated rings. The number of hydrogen-bond acceptors (Lipinski definition) is 4. The fourth-order valence-corrected chi connectivity index (χ4v) is 1.91. The Hall–Kier alpha value is -1.75. The lowest BCUT2D eigenvalue weighted by Crippen LogP contribution is -2.26. The van der Waals surface area contributed by atoms with Gasteiger partial charge in [-0.1, -0.05) is 0 Å². The molecule has 0 radical (unpaired) electrons. The lowest BCUT2D eigenvalue weighted by molar-refractivity contribution is -0.117. The molecule has 2 heterocycles. The highest BCUT2D eigenvalue weighted by molar-refractivity contribution is 5.99. The van der Waals surface area contributed by atoms with Gasteiger partial charge < -0.3 is 10.6 Å². The summed E-state index contributed by atoms with van der Waals surface area (Å²) in [6.45, 7) is 1.07. The summed E-state index contributed by atoms with van der Waals surface area (Å²) in [6, 6.07) is 1.68. The molecule has 0 saturated carbocycles. The fourth-order valence-electron chi connectivity index (χ4n) is 1.91. The predicted molar refractivity (Wildman–Crippen MR) is 59.1 cm³/mol. The number of anilines is 1. The molecule has 1 atom stereocenters. The minimum atomic E-state index is 0.0183. The quantitative estimate of drug-likeness (QED) is 0.737. The Balaban J connectivity index is 2.31. The van der Waals surface area contributed by atoms with Gasteiger partial charge in [0, 0.05) is 25.4 Å². The summed E-state index contributed by atoms with van der Waals surface area (Å²) in [7, 11) is 0. The first kappa shape index (κ1) is 10.8. The Labute approximate surface area is 93.3 Å². The van der Waals surface area contributed by atoms with Crippen molar-refractivity contribution in [2.24, 2.45) is 11.7 Å². The zero-order valence-corrected chi connectivity index (χ0v) is 8.80. The Kier molecular flexibility index (Phi) is 2.96. The van der Waals surface area contributed by atoms with Crippen LogP contribution in [0, 0.1) is 5.92 Å². The summed E-state index contributed by atoms with van der Waals surface area (Å²) >= 11 is 0. The fraction of sp³-hybridized carbons (Fsp3) is 0.364. The second-order valence-corrected chi connectivity index (χ2v) is 3.86. The van der Waals surface area contributed by atoms with Crippen molar-refractivity contribution in [3.63, 3.8) is 0 Å². The number of hydrogen-bond donors (Lipinski definition) is 1. The first-order valence-electron chi connectivity index (χ1n) is 5.16. The average molecular weight is 219 g/mol. The lowest BCUT2D eigenvalue weighted by Gasteiger charge is -2.17. The average Bonchev–Trinajstić information content (AvgIpc) is 2.70. The molecule has 5 nitrogen and oxygen atoms in total. The van der Waals surface area contributed by atoms with Crippen LogP contribution in [-0.2, 0) is 4.79 Å². The maximum Gasteiger partial charge on any atom is 0.227 e. The van der Waals surface area contributed by atoms with Crippen LogP contribution in [0.15, 0.2) is 18.5 Å². The first-order valence-corrected chi connectivity index (χ1v) is 5.16. The second kappa shape index (κ2) is 4.40. The van der Waals surface area contributed by atoms with E-state index in [2.05, 4.69) is 4.98 Å². The van der Waals surface area contributed by atoms with Crippen LogP contribution in [0.1, 0.15) is 16.8 Å². The first-order chi connectivity index (χ1) is 7.76. The minimum Gasteiger partial charge on any atom is -0.330 e. The van der Waals surface area contributed by atoms with Gasteiger partial charge in [0.25, 0.3) is 0 Å². The summed E-state index contributed by atoms with van der Waals surface area (Å²) in [5.41, 5.74) is 6.62. The van der Waals surface area contributed by atoms with Crippen LogP contribution in [0.3, 0.4) is 0 Å². The number of nitrogens with zero attached hydrogens (tertiary/aromatic N) is 2. The van der Waals surface area contributed by atoms with Gasteiger partial charge in [0.05, 0.1) is 11.3 Å². The molecule has 1 saturated heterocycles. The third kappa shape index (κ3) is 1.81. The van der Waals surface area contributed by atoms with E-state index in [-0.39, 0.29) is 11.8 Å². The molecule has 1 unspecified atom stereocenters. The van der Waals surface area contributed by atoms with Crippen LogP contribution < -0.4 is 10.6 Å². The van der Waals surface area contributed by atoms with Crippen LogP contribution in [0.2, 0.25) is 0 Å². The zero-order chi connectivity index (χ0) is 11.5. The number of carbonyl (C=O) groups is 2.